The van der Waals surface area contributed by atoms with Crippen LogP contribution in [0.1, 0.15) is 11.1 Å². The second-order valence-electron chi connectivity index (χ2n) is 17.2. The van der Waals surface area contributed by atoms with Gasteiger partial charge in [0.05, 0.1) is 0 Å². The first kappa shape index (κ1) is 37.6. The number of nitrogens with zero attached hydrogens (tertiary/aromatic N) is 1. The largest absolute Gasteiger partial charge is 0.356 e. The van der Waals surface area contributed by atoms with Crippen molar-refractivity contribution in [2.45, 2.75) is 13.8 Å². The van der Waals surface area contributed by atoms with Crippen LogP contribution in [0.4, 0.5) is 28.4 Å². The van der Waals surface area contributed by atoms with E-state index in [4.69, 9.17) is 0 Å². The highest BCUT2D eigenvalue weighted by molar-refractivity contribution is 6.33. The van der Waals surface area contributed by atoms with Crippen LogP contribution in [0.15, 0.2) is 224 Å². The SMILES string of the molecule is Cc1ccc(-c2cc(-c3ccc(C)cc3)cc(N(c3ccccc3)c3ccc4c(c3)c3ccccc3c3cc5c6ccc(Nc7ccccc7)cc6c6ccccc6c5cc43)c2)cc1. The number of benzene rings is 12. The topological polar surface area (TPSA) is 15.3 Å². The molecule has 0 heterocycles. The van der Waals surface area contributed by atoms with E-state index >= 15 is 0 Å². The Kier molecular flexibility index (Phi) is 8.98. The van der Waals surface area contributed by atoms with Crippen molar-refractivity contribution in [1.29, 1.82) is 0 Å². The van der Waals surface area contributed by atoms with Gasteiger partial charge in [-0.1, -0.05) is 157 Å². The Morgan fingerprint density at radius 1 is 0.250 bits per heavy atom. The zero-order chi connectivity index (χ0) is 42.7. The van der Waals surface area contributed by atoms with Gasteiger partial charge in [0.1, 0.15) is 0 Å². The fourth-order valence-corrected chi connectivity index (χ4v) is 9.88. The molecule has 0 unspecified atom stereocenters. The fraction of sp³-hybridized carbons (Fsp3) is 0.0323. The van der Waals surface area contributed by atoms with Gasteiger partial charge in [-0.05, 0) is 180 Å². The van der Waals surface area contributed by atoms with Gasteiger partial charge in [-0.3, -0.25) is 0 Å². The zero-order valence-electron chi connectivity index (χ0n) is 35.8. The Bertz CT molecular complexity index is 3680. The molecule has 0 amide bonds. The summed E-state index contributed by atoms with van der Waals surface area (Å²) in [6.45, 7) is 4.30. The molecule has 0 fully saturated rings. The molecule has 302 valence electrons. The third kappa shape index (κ3) is 6.51. The van der Waals surface area contributed by atoms with Crippen molar-refractivity contribution in [2.24, 2.45) is 0 Å². The molecule has 0 saturated carbocycles. The molecule has 0 aliphatic carbocycles. The van der Waals surface area contributed by atoms with Crippen LogP contribution in [0.25, 0.3) is 86.9 Å². The van der Waals surface area contributed by atoms with Crippen LogP contribution >= 0.6 is 0 Å². The van der Waals surface area contributed by atoms with Crippen molar-refractivity contribution >= 4 is 93.1 Å². The summed E-state index contributed by atoms with van der Waals surface area (Å²) < 4.78 is 0. The van der Waals surface area contributed by atoms with Gasteiger partial charge in [-0.25, -0.2) is 0 Å². The smallest absolute Gasteiger partial charge is 0.0473 e. The number of para-hydroxylation sites is 2. The molecule has 2 heteroatoms. The Hall–Kier alpha value is -8.20. The molecule has 0 aliphatic rings. The lowest BCUT2D eigenvalue weighted by atomic mass is 9.88. The van der Waals surface area contributed by atoms with E-state index in [9.17, 15) is 0 Å². The van der Waals surface area contributed by atoms with Crippen LogP contribution in [0.2, 0.25) is 0 Å². The molecule has 1 N–H and O–H groups in total. The minimum absolute atomic E-state index is 1.08. The van der Waals surface area contributed by atoms with E-state index in [2.05, 4.69) is 249 Å². The molecule has 0 saturated heterocycles. The third-order valence-electron chi connectivity index (χ3n) is 13.1. The molecule has 0 radical (unpaired) electrons. The van der Waals surface area contributed by atoms with Gasteiger partial charge in [-0.2, -0.15) is 0 Å². The van der Waals surface area contributed by atoms with Crippen molar-refractivity contribution in [1.82, 2.24) is 0 Å². The molecule has 12 rings (SSSR count). The van der Waals surface area contributed by atoms with E-state index < -0.39 is 0 Å². The number of aryl methyl sites for hydroxylation is 2. The number of nitrogens with one attached hydrogen (secondary N) is 1. The average molecular weight is 817 g/mol. The van der Waals surface area contributed by atoms with Crippen molar-refractivity contribution < 1.29 is 0 Å². The number of fused-ring (bicyclic) bond motifs is 12. The predicted octanol–water partition coefficient (Wildman–Crippen LogP) is 17.8. The molecular weight excluding hydrogens is 773 g/mol. The maximum absolute atomic E-state index is 3.64. The van der Waals surface area contributed by atoms with E-state index in [-0.39, 0.29) is 0 Å². The molecule has 0 spiro atoms. The van der Waals surface area contributed by atoms with Gasteiger partial charge >= 0.3 is 0 Å². The monoisotopic (exact) mass is 816 g/mol. The lowest BCUT2D eigenvalue weighted by Gasteiger charge is -2.27. The van der Waals surface area contributed by atoms with Crippen LogP contribution in [-0.4, -0.2) is 0 Å². The van der Waals surface area contributed by atoms with Gasteiger partial charge in [-0.15, -0.1) is 0 Å². The zero-order valence-corrected chi connectivity index (χ0v) is 35.8. The molecule has 12 aromatic rings. The number of anilines is 5. The van der Waals surface area contributed by atoms with Crippen LogP contribution in [-0.2, 0) is 0 Å². The highest BCUT2D eigenvalue weighted by atomic mass is 15.1. The summed E-state index contributed by atoms with van der Waals surface area (Å²) in [5.41, 5.74) is 12.7. The van der Waals surface area contributed by atoms with Gasteiger partial charge in [0.2, 0.25) is 0 Å². The van der Waals surface area contributed by atoms with Gasteiger partial charge in [0.25, 0.3) is 0 Å². The Labute approximate surface area is 373 Å². The molecule has 0 aliphatic heterocycles. The maximum Gasteiger partial charge on any atom is 0.0473 e. The minimum Gasteiger partial charge on any atom is -0.356 e. The first-order valence-corrected chi connectivity index (χ1v) is 22.2. The predicted molar refractivity (Wildman–Crippen MR) is 276 cm³/mol. The normalized spacial score (nSPS) is 11.6. The van der Waals surface area contributed by atoms with Crippen LogP contribution < -0.4 is 10.2 Å². The van der Waals surface area contributed by atoms with E-state index in [1.165, 1.54) is 98.0 Å². The molecule has 2 nitrogen and oxygen atoms in total. The summed E-state index contributed by atoms with van der Waals surface area (Å²) >= 11 is 0. The summed E-state index contributed by atoms with van der Waals surface area (Å²) in [5, 5.41) is 18.7. The van der Waals surface area contributed by atoms with Crippen molar-refractivity contribution in [3.05, 3.63) is 236 Å². The quantitative estimate of drug-likeness (QED) is 0.127. The van der Waals surface area contributed by atoms with Crippen LogP contribution in [0.3, 0.4) is 0 Å². The first-order chi connectivity index (χ1) is 31.5. The number of rotatable bonds is 7. The highest BCUT2D eigenvalue weighted by Gasteiger charge is 2.19. The second kappa shape index (κ2) is 15.3. The summed E-state index contributed by atoms with van der Waals surface area (Å²) in [7, 11) is 0. The molecule has 12 aromatic carbocycles. The van der Waals surface area contributed by atoms with Gasteiger partial charge in [0, 0.05) is 28.4 Å². The Morgan fingerprint density at radius 3 is 1.19 bits per heavy atom. The number of hydrogen-bond donors (Lipinski definition) is 1. The maximum atomic E-state index is 3.64. The summed E-state index contributed by atoms with van der Waals surface area (Å²) in [6, 6.07) is 82.7. The van der Waals surface area contributed by atoms with Crippen LogP contribution in [0, 0.1) is 13.8 Å². The molecule has 0 atom stereocenters. The van der Waals surface area contributed by atoms with E-state index in [0.29, 0.717) is 0 Å². The lowest BCUT2D eigenvalue weighted by molar-refractivity contribution is 1.29. The minimum atomic E-state index is 1.08. The molecule has 64 heavy (non-hydrogen) atoms. The number of hydrogen-bond acceptors (Lipinski definition) is 2. The Morgan fingerprint density at radius 2 is 0.672 bits per heavy atom. The fourth-order valence-electron chi connectivity index (χ4n) is 9.88. The average Bonchev–Trinajstić information content (AvgIpc) is 3.35. The van der Waals surface area contributed by atoms with Crippen molar-refractivity contribution in [3.63, 3.8) is 0 Å². The second-order valence-corrected chi connectivity index (χ2v) is 17.2. The standard InChI is InChI=1S/C62H44N2/c1-40-21-25-42(26-22-40)44-33-45(43-27-23-41(2)24-28-43)35-50(34-44)64(48-15-7-4-8-16-48)49-30-32-56-58(37-49)52-18-10-12-20-54(52)60-38-61-55-31-29-47(63-46-13-5-3-6-14-46)36-57(55)51-17-9-11-19-53(51)59(61)39-62(56)60/h3-39,63H,1-2H3. The van der Waals surface area contributed by atoms with Crippen molar-refractivity contribution in [2.75, 3.05) is 10.2 Å². The van der Waals surface area contributed by atoms with Crippen molar-refractivity contribution in [3.8, 4) is 22.3 Å². The highest BCUT2D eigenvalue weighted by Crippen LogP contribution is 2.46. The molecule has 0 bridgehead atoms. The van der Waals surface area contributed by atoms with E-state index in [0.717, 1.165) is 28.4 Å². The third-order valence-corrected chi connectivity index (χ3v) is 13.1. The summed E-state index contributed by atoms with van der Waals surface area (Å²) in [6.07, 6.45) is 0. The summed E-state index contributed by atoms with van der Waals surface area (Å²) in [4.78, 5) is 2.43. The van der Waals surface area contributed by atoms with E-state index in [1.54, 1.807) is 0 Å². The molecule has 0 aromatic heterocycles. The summed E-state index contributed by atoms with van der Waals surface area (Å²) in [5.74, 6) is 0. The molecular formula is C62H44N2. The first-order valence-electron chi connectivity index (χ1n) is 22.2. The van der Waals surface area contributed by atoms with Gasteiger partial charge in [0.15, 0.2) is 0 Å². The van der Waals surface area contributed by atoms with Gasteiger partial charge < -0.3 is 10.2 Å². The van der Waals surface area contributed by atoms with E-state index in [1.807, 2.05) is 0 Å². The lowest BCUT2D eigenvalue weighted by Crippen LogP contribution is -2.10. The Balaban J connectivity index is 1.09. The van der Waals surface area contributed by atoms with Crippen LogP contribution in [0.5, 0.6) is 0 Å².